The number of hydrogen-bond acceptors (Lipinski definition) is 2. The molecule has 3 heteroatoms. The molecule has 2 aromatic rings. The predicted octanol–water partition coefficient (Wildman–Crippen LogP) is 2.74. The number of fused-ring (bicyclic) bond motifs is 1. The molecule has 0 radical (unpaired) electrons. The fourth-order valence-corrected chi connectivity index (χ4v) is 2.61. The fraction of sp³-hybridized carbons (Fsp3) is 0.429. The Labute approximate surface area is 101 Å². The Morgan fingerprint density at radius 3 is 2.59 bits per heavy atom. The first-order valence-corrected chi connectivity index (χ1v) is 6.02. The van der Waals surface area contributed by atoms with Crippen LogP contribution in [0.15, 0.2) is 12.1 Å². The summed E-state index contributed by atoms with van der Waals surface area (Å²) < 4.78 is 5.49. The second kappa shape index (κ2) is 3.26. The molecule has 0 aliphatic heterocycles. The van der Waals surface area contributed by atoms with Gasteiger partial charge in [-0.3, -0.25) is 0 Å². The maximum Gasteiger partial charge on any atom is 0.124 e. The summed E-state index contributed by atoms with van der Waals surface area (Å²) in [5.41, 5.74) is 11.0. The van der Waals surface area contributed by atoms with Crippen LogP contribution in [0.4, 0.5) is 0 Å². The number of aryl methyl sites for hydroxylation is 2. The van der Waals surface area contributed by atoms with Crippen molar-refractivity contribution in [2.75, 3.05) is 7.11 Å². The van der Waals surface area contributed by atoms with Gasteiger partial charge in [0.2, 0.25) is 0 Å². The Hall–Kier alpha value is -1.48. The van der Waals surface area contributed by atoms with E-state index in [0.29, 0.717) is 0 Å². The molecule has 17 heavy (non-hydrogen) atoms. The van der Waals surface area contributed by atoms with Gasteiger partial charge >= 0.3 is 0 Å². The number of nitrogens with one attached hydrogen (secondary N) is 1. The second-order valence-corrected chi connectivity index (χ2v) is 5.10. The molecule has 1 saturated carbocycles. The van der Waals surface area contributed by atoms with Crippen LogP contribution in [-0.4, -0.2) is 12.1 Å². The number of ether oxygens (including phenoxy) is 1. The molecule has 0 unspecified atom stereocenters. The van der Waals surface area contributed by atoms with Crippen molar-refractivity contribution in [2.45, 2.75) is 32.2 Å². The van der Waals surface area contributed by atoms with Crippen molar-refractivity contribution in [3.63, 3.8) is 0 Å². The van der Waals surface area contributed by atoms with E-state index in [1.54, 1.807) is 7.11 Å². The molecule has 1 aliphatic carbocycles. The molecule has 1 aliphatic rings. The first-order valence-electron chi connectivity index (χ1n) is 6.02. The highest BCUT2D eigenvalue weighted by atomic mass is 16.5. The summed E-state index contributed by atoms with van der Waals surface area (Å²) in [4.78, 5) is 3.41. The standard InChI is InChI=1S/C14H18N2O/c1-8-9(2)16-10-4-5-11(17-3)13(12(8)10)14(15)6-7-14/h4-5,16H,6-7,15H2,1-3H3. The smallest absolute Gasteiger partial charge is 0.124 e. The van der Waals surface area contributed by atoms with E-state index >= 15 is 0 Å². The summed E-state index contributed by atoms with van der Waals surface area (Å²) in [6.07, 6.45) is 2.10. The average molecular weight is 230 g/mol. The van der Waals surface area contributed by atoms with E-state index in [1.807, 2.05) is 6.07 Å². The zero-order valence-corrected chi connectivity index (χ0v) is 10.6. The molecule has 0 bridgehead atoms. The molecule has 0 saturated heterocycles. The molecule has 1 heterocycles. The zero-order chi connectivity index (χ0) is 12.2. The summed E-state index contributed by atoms with van der Waals surface area (Å²) in [5, 5.41) is 1.25. The third kappa shape index (κ3) is 1.39. The molecule has 3 rings (SSSR count). The van der Waals surface area contributed by atoms with Crippen molar-refractivity contribution >= 4 is 10.9 Å². The van der Waals surface area contributed by atoms with Crippen molar-refractivity contribution in [1.29, 1.82) is 0 Å². The summed E-state index contributed by atoms with van der Waals surface area (Å²) >= 11 is 0. The molecule has 3 N–H and O–H groups in total. The van der Waals surface area contributed by atoms with Crippen LogP contribution in [-0.2, 0) is 5.54 Å². The first-order chi connectivity index (χ1) is 8.07. The van der Waals surface area contributed by atoms with Crippen LogP contribution in [0.1, 0.15) is 29.7 Å². The Morgan fingerprint density at radius 1 is 1.29 bits per heavy atom. The SMILES string of the molecule is COc1ccc2[nH]c(C)c(C)c2c1C1(N)CC1. The number of aromatic amines is 1. The van der Waals surface area contributed by atoms with Crippen LogP contribution in [0, 0.1) is 13.8 Å². The molecule has 1 fully saturated rings. The van der Waals surface area contributed by atoms with Gasteiger partial charge in [0.1, 0.15) is 5.75 Å². The topological polar surface area (TPSA) is 51.0 Å². The zero-order valence-electron chi connectivity index (χ0n) is 10.6. The normalized spacial score (nSPS) is 17.4. The van der Waals surface area contributed by atoms with Crippen molar-refractivity contribution in [3.8, 4) is 5.75 Å². The van der Waals surface area contributed by atoms with E-state index in [2.05, 4.69) is 24.9 Å². The average Bonchev–Trinajstić information content (AvgIpc) is 2.99. The number of benzene rings is 1. The van der Waals surface area contributed by atoms with E-state index in [-0.39, 0.29) is 5.54 Å². The van der Waals surface area contributed by atoms with E-state index in [4.69, 9.17) is 10.5 Å². The molecule has 0 spiro atoms. The number of H-pyrrole nitrogens is 1. The number of hydrogen-bond donors (Lipinski definition) is 2. The van der Waals surface area contributed by atoms with Gasteiger partial charge in [-0.05, 0) is 44.4 Å². The van der Waals surface area contributed by atoms with Crippen molar-refractivity contribution in [3.05, 3.63) is 29.0 Å². The van der Waals surface area contributed by atoms with Gasteiger partial charge < -0.3 is 15.5 Å². The van der Waals surface area contributed by atoms with Gasteiger partial charge in [-0.15, -0.1) is 0 Å². The van der Waals surface area contributed by atoms with Crippen LogP contribution < -0.4 is 10.5 Å². The number of aromatic nitrogens is 1. The van der Waals surface area contributed by atoms with Gasteiger partial charge in [-0.25, -0.2) is 0 Å². The lowest BCUT2D eigenvalue weighted by Gasteiger charge is -2.16. The molecule has 0 atom stereocenters. The minimum Gasteiger partial charge on any atom is -0.496 e. The highest BCUT2D eigenvalue weighted by Crippen LogP contribution is 2.50. The van der Waals surface area contributed by atoms with Crippen LogP contribution in [0.2, 0.25) is 0 Å². The largest absolute Gasteiger partial charge is 0.496 e. The van der Waals surface area contributed by atoms with E-state index < -0.39 is 0 Å². The lowest BCUT2D eigenvalue weighted by Crippen LogP contribution is -2.20. The Kier molecular flexibility index (Phi) is 2.05. The minimum atomic E-state index is -0.176. The van der Waals surface area contributed by atoms with Gasteiger partial charge in [-0.1, -0.05) is 0 Å². The monoisotopic (exact) mass is 230 g/mol. The quantitative estimate of drug-likeness (QED) is 0.833. The molecular weight excluding hydrogens is 212 g/mol. The summed E-state index contributed by atoms with van der Waals surface area (Å²) in [7, 11) is 1.71. The number of methoxy groups -OCH3 is 1. The van der Waals surface area contributed by atoms with E-state index in [1.165, 1.54) is 22.2 Å². The molecule has 0 amide bonds. The lowest BCUT2D eigenvalue weighted by atomic mass is 9.97. The van der Waals surface area contributed by atoms with Crippen LogP contribution in [0.3, 0.4) is 0 Å². The van der Waals surface area contributed by atoms with Gasteiger partial charge in [0.15, 0.2) is 0 Å². The lowest BCUT2D eigenvalue weighted by molar-refractivity contribution is 0.405. The maximum absolute atomic E-state index is 6.39. The number of nitrogens with two attached hydrogens (primary N) is 1. The minimum absolute atomic E-state index is 0.176. The van der Waals surface area contributed by atoms with Gasteiger partial charge in [0.05, 0.1) is 7.11 Å². The molecular formula is C14H18N2O. The first kappa shape index (κ1) is 10.7. The summed E-state index contributed by atoms with van der Waals surface area (Å²) in [6, 6.07) is 4.09. The third-order valence-electron chi connectivity index (χ3n) is 3.93. The van der Waals surface area contributed by atoms with Gasteiger partial charge in [0, 0.05) is 27.7 Å². The van der Waals surface area contributed by atoms with E-state index in [0.717, 1.165) is 24.1 Å². The summed E-state index contributed by atoms with van der Waals surface area (Å²) in [6.45, 7) is 4.24. The van der Waals surface area contributed by atoms with Crippen molar-refractivity contribution in [1.82, 2.24) is 4.98 Å². The van der Waals surface area contributed by atoms with Gasteiger partial charge in [-0.2, -0.15) is 0 Å². The Balaban J connectivity index is 2.41. The van der Waals surface area contributed by atoms with E-state index in [9.17, 15) is 0 Å². The highest BCUT2D eigenvalue weighted by molar-refractivity contribution is 5.91. The predicted molar refractivity (Wildman–Crippen MR) is 69.4 cm³/mol. The Bertz CT molecular complexity index is 594. The highest BCUT2D eigenvalue weighted by Gasteiger charge is 2.44. The third-order valence-corrected chi connectivity index (χ3v) is 3.93. The van der Waals surface area contributed by atoms with Crippen LogP contribution in [0.25, 0.3) is 10.9 Å². The second-order valence-electron chi connectivity index (χ2n) is 5.10. The number of rotatable bonds is 2. The maximum atomic E-state index is 6.39. The Morgan fingerprint density at radius 2 is 2.00 bits per heavy atom. The van der Waals surface area contributed by atoms with Crippen LogP contribution in [0.5, 0.6) is 5.75 Å². The summed E-state index contributed by atoms with van der Waals surface area (Å²) in [5.74, 6) is 0.916. The van der Waals surface area contributed by atoms with Gasteiger partial charge in [0.25, 0.3) is 0 Å². The van der Waals surface area contributed by atoms with Crippen molar-refractivity contribution < 1.29 is 4.74 Å². The molecule has 90 valence electrons. The molecule has 3 nitrogen and oxygen atoms in total. The molecule has 1 aromatic carbocycles. The fourth-order valence-electron chi connectivity index (χ4n) is 2.61. The van der Waals surface area contributed by atoms with Crippen molar-refractivity contribution in [2.24, 2.45) is 5.73 Å². The molecule has 1 aromatic heterocycles. The van der Waals surface area contributed by atoms with Crippen LogP contribution >= 0.6 is 0 Å².